The monoisotopic (exact) mass is 586 g/mol. The molecular formula is C32H42O10. The molecule has 3 heterocycles. The average molecular weight is 587 g/mol. The van der Waals surface area contributed by atoms with Crippen molar-refractivity contribution < 1.29 is 48.0 Å². The first-order chi connectivity index (χ1) is 19.7. The van der Waals surface area contributed by atoms with Gasteiger partial charge >= 0.3 is 11.9 Å². The number of carbonyl (C=O) groups excluding carboxylic acids is 3. The molecular weight excluding hydrogens is 544 g/mol. The van der Waals surface area contributed by atoms with Crippen LogP contribution in [-0.4, -0.2) is 70.8 Å². The normalized spacial score (nSPS) is 52.1. The summed E-state index contributed by atoms with van der Waals surface area (Å²) < 4.78 is 30.1. The van der Waals surface area contributed by atoms with Crippen molar-refractivity contribution in [3.63, 3.8) is 0 Å². The Bertz CT molecular complexity index is 1320. The van der Waals surface area contributed by atoms with Crippen LogP contribution in [0, 0.1) is 39.4 Å². The van der Waals surface area contributed by atoms with E-state index in [4.69, 9.17) is 23.4 Å². The number of Topliss-reactive ketones (excluding diaryl/α,β-unsaturated/α-hetero) is 1. The number of ether oxygens (including phenoxy) is 4. The smallest absolute Gasteiger partial charge is 0.310 e. The van der Waals surface area contributed by atoms with Gasteiger partial charge in [-0.15, -0.1) is 0 Å². The maximum Gasteiger partial charge on any atom is 0.310 e. The number of furan rings is 1. The van der Waals surface area contributed by atoms with Crippen LogP contribution in [-0.2, 0) is 33.3 Å². The lowest BCUT2D eigenvalue weighted by Crippen LogP contribution is -2.80. The van der Waals surface area contributed by atoms with E-state index in [0.717, 1.165) is 5.56 Å². The molecule has 2 bridgehead atoms. The van der Waals surface area contributed by atoms with Gasteiger partial charge in [-0.25, -0.2) is 0 Å². The predicted molar refractivity (Wildman–Crippen MR) is 144 cm³/mol. The molecule has 0 unspecified atom stereocenters. The highest BCUT2D eigenvalue weighted by molar-refractivity contribution is 5.87. The van der Waals surface area contributed by atoms with Crippen LogP contribution in [0.25, 0.3) is 0 Å². The number of rotatable bonds is 4. The van der Waals surface area contributed by atoms with Gasteiger partial charge in [-0.2, -0.15) is 0 Å². The van der Waals surface area contributed by atoms with Crippen molar-refractivity contribution in [3.05, 3.63) is 24.2 Å². The van der Waals surface area contributed by atoms with Crippen LogP contribution in [0.15, 0.2) is 23.0 Å². The highest BCUT2D eigenvalue weighted by atomic mass is 16.7. The van der Waals surface area contributed by atoms with E-state index in [2.05, 4.69) is 6.92 Å². The Balaban J connectivity index is 1.36. The third-order valence-electron chi connectivity index (χ3n) is 12.8. The van der Waals surface area contributed by atoms with Crippen LogP contribution in [0.3, 0.4) is 0 Å². The van der Waals surface area contributed by atoms with Gasteiger partial charge in [0.05, 0.1) is 48.8 Å². The number of fused-ring (bicyclic) bond motifs is 1. The van der Waals surface area contributed by atoms with E-state index in [1.54, 1.807) is 26.4 Å². The Hall–Kier alpha value is -2.27. The lowest BCUT2D eigenvalue weighted by Gasteiger charge is -2.72. The minimum absolute atomic E-state index is 0.0245. The van der Waals surface area contributed by atoms with Crippen LogP contribution in [0.2, 0.25) is 0 Å². The number of hydrogen-bond acceptors (Lipinski definition) is 10. The summed E-state index contributed by atoms with van der Waals surface area (Å²) >= 11 is 0. The molecule has 2 aliphatic heterocycles. The summed E-state index contributed by atoms with van der Waals surface area (Å²) in [6, 6.07) is 1.94. The van der Waals surface area contributed by atoms with Crippen molar-refractivity contribution in [1.29, 1.82) is 0 Å². The lowest BCUT2D eigenvalue weighted by molar-refractivity contribution is -0.372. The molecule has 7 rings (SSSR count). The molecule has 230 valence electrons. The predicted octanol–water partition coefficient (Wildman–Crippen LogP) is 3.13. The van der Waals surface area contributed by atoms with Gasteiger partial charge in [-0.3, -0.25) is 14.4 Å². The van der Waals surface area contributed by atoms with Gasteiger partial charge in [0, 0.05) is 41.9 Å². The van der Waals surface area contributed by atoms with Gasteiger partial charge in [0.25, 0.3) is 0 Å². The highest BCUT2D eigenvalue weighted by Gasteiger charge is 2.90. The molecule has 42 heavy (non-hydrogen) atoms. The SMILES string of the molecule is CC(=O)O[C@@H]1C[C@H](O)[C@@]23CO[C@@H](OC(=O)C(C)C)[C@]1(C)[C@@H]2C[C@@H](O)[C@]1(C)[C@@H]3C(=O)C[C@]2(C)[C@H](c3ccoc3)C[C@H]3O[C@@]312. The molecule has 13 atom stereocenters. The quantitative estimate of drug-likeness (QED) is 0.399. The first kappa shape index (κ1) is 28.5. The van der Waals surface area contributed by atoms with Crippen molar-refractivity contribution in [2.45, 2.75) is 109 Å². The van der Waals surface area contributed by atoms with Crippen LogP contribution in [0.5, 0.6) is 0 Å². The summed E-state index contributed by atoms with van der Waals surface area (Å²) in [5.74, 6) is -2.75. The molecule has 10 heteroatoms. The molecule has 1 aromatic rings. The van der Waals surface area contributed by atoms with Crippen LogP contribution < -0.4 is 0 Å². The van der Waals surface area contributed by atoms with Crippen LogP contribution >= 0.6 is 0 Å². The van der Waals surface area contributed by atoms with Crippen molar-refractivity contribution in [2.24, 2.45) is 39.4 Å². The Morgan fingerprint density at radius 3 is 2.45 bits per heavy atom. The molecule has 6 aliphatic rings. The van der Waals surface area contributed by atoms with Crippen molar-refractivity contribution in [1.82, 2.24) is 0 Å². The maximum absolute atomic E-state index is 14.7. The molecule has 0 radical (unpaired) electrons. The van der Waals surface area contributed by atoms with E-state index in [-0.39, 0.29) is 43.7 Å². The van der Waals surface area contributed by atoms with Gasteiger partial charge in [0.2, 0.25) is 6.29 Å². The summed E-state index contributed by atoms with van der Waals surface area (Å²) in [6.45, 7) is 10.6. The largest absolute Gasteiger partial charge is 0.472 e. The summed E-state index contributed by atoms with van der Waals surface area (Å²) in [4.78, 5) is 39.8. The zero-order valence-electron chi connectivity index (χ0n) is 25.1. The number of ketones is 1. The Labute approximate surface area is 245 Å². The molecule has 2 N–H and O–H groups in total. The summed E-state index contributed by atoms with van der Waals surface area (Å²) in [6.07, 6.45) is 0.474. The number of aliphatic hydroxyl groups excluding tert-OH is 2. The zero-order valence-corrected chi connectivity index (χ0v) is 25.1. The minimum Gasteiger partial charge on any atom is -0.472 e. The lowest BCUT2D eigenvalue weighted by atomic mass is 9.33. The fraction of sp³-hybridized carbons (Fsp3) is 0.781. The van der Waals surface area contributed by atoms with E-state index in [1.807, 2.05) is 19.9 Å². The van der Waals surface area contributed by atoms with E-state index in [9.17, 15) is 24.6 Å². The number of esters is 2. The summed E-state index contributed by atoms with van der Waals surface area (Å²) in [7, 11) is 0. The van der Waals surface area contributed by atoms with Gasteiger partial charge in [0.15, 0.2) is 0 Å². The van der Waals surface area contributed by atoms with E-state index < -0.39 is 81.6 Å². The first-order valence-corrected chi connectivity index (χ1v) is 15.3. The molecule has 6 fully saturated rings. The second kappa shape index (κ2) is 8.67. The number of hydrogen-bond donors (Lipinski definition) is 2. The van der Waals surface area contributed by atoms with E-state index in [1.165, 1.54) is 6.92 Å². The minimum atomic E-state index is -1.12. The van der Waals surface area contributed by atoms with Crippen LogP contribution in [0.4, 0.5) is 0 Å². The van der Waals surface area contributed by atoms with Crippen molar-refractivity contribution >= 4 is 17.7 Å². The fourth-order valence-electron chi connectivity index (χ4n) is 11.1. The van der Waals surface area contributed by atoms with Gasteiger partial charge in [-0.05, 0) is 43.2 Å². The number of carbonyl (C=O) groups is 3. The molecule has 1 spiro atoms. The standard InChI is InChI=1S/C32H42O10/c1-15(2)26(37)41-27-29(5)20-10-21(35)30(6)25(31(20,14-39-27)22(36)11-23(29)40-16(3)33)19(34)12-28(4)18(17-7-8-38-13-17)9-24-32(28,30)42-24/h7-8,13,15,18,20-25,27,35-36H,9-12,14H2,1-6H3/t18-,20-,21+,22-,23+,24+,25-,27-,28+,29+,30+,31+,32+/m0/s1. The zero-order chi connectivity index (χ0) is 30.2. The Morgan fingerprint density at radius 2 is 1.81 bits per heavy atom. The molecule has 4 aliphatic carbocycles. The molecule has 4 saturated carbocycles. The number of aliphatic hydroxyl groups is 2. The summed E-state index contributed by atoms with van der Waals surface area (Å²) in [5, 5.41) is 24.3. The average Bonchev–Trinajstić information content (AvgIpc) is 3.27. The Kier molecular flexibility index (Phi) is 5.88. The molecule has 1 aromatic heterocycles. The molecule has 2 saturated heterocycles. The van der Waals surface area contributed by atoms with Crippen molar-refractivity contribution in [2.75, 3.05) is 6.61 Å². The number of epoxide rings is 1. The van der Waals surface area contributed by atoms with Gasteiger partial charge in [-0.1, -0.05) is 27.7 Å². The molecule has 10 nitrogen and oxygen atoms in total. The second-order valence-corrected chi connectivity index (χ2v) is 14.8. The highest BCUT2D eigenvalue weighted by Crippen LogP contribution is 2.82. The van der Waals surface area contributed by atoms with E-state index >= 15 is 0 Å². The topological polar surface area (TPSA) is 145 Å². The molecule has 0 amide bonds. The first-order valence-electron chi connectivity index (χ1n) is 15.3. The third kappa shape index (κ3) is 3.07. The second-order valence-electron chi connectivity index (χ2n) is 14.8. The van der Waals surface area contributed by atoms with Crippen molar-refractivity contribution in [3.8, 4) is 0 Å². The third-order valence-corrected chi connectivity index (χ3v) is 12.8. The Morgan fingerprint density at radius 1 is 1.07 bits per heavy atom. The van der Waals surface area contributed by atoms with E-state index in [0.29, 0.717) is 6.42 Å². The van der Waals surface area contributed by atoms with Gasteiger partial charge in [0.1, 0.15) is 17.5 Å². The maximum atomic E-state index is 14.7. The van der Waals surface area contributed by atoms with Crippen LogP contribution in [0.1, 0.15) is 78.7 Å². The van der Waals surface area contributed by atoms with Gasteiger partial charge < -0.3 is 33.6 Å². The summed E-state index contributed by atoms with van der Waals surface area (Å²) in [5.41, 5.74) is -3.57. The molecule has 0 aromatic carbocycles. The fourth-order valence-corrected chi connectivity index (χ4v) is 11.1.